The number of ether oxygens (including phenoxy) is 1. The highest BCUT2D eigenvalue weighted by molar-refractivity contribution is 6.30. The summed E-state index contributed by atoms with van der Waals surface area (Å²) in [4.78, 5) is 25.4. The normalized spacial score (nSPS) is 20.1. The van der Waals surface area contributed by atoms with Crippen molar-refractivity contribution in [3.8, 4) is 0 Å². The number of amides is 1. The summed E-state index contributed by atoms with van der Waals surface area (Å²) in [5.41, 5.74) is 1.05. The zero-order valence-electron chi connectivity index (χ0n) is 11.6. The number of carbonyl (C=O) groups is 2. The number of hydrogen-bond acceptors (Lipinski definition) is 3. The van der Waals surface area contributed by atoms with Crippen LogP contribution in [-0.4, -0.2) is 36.0 Å². The minimum absolute atomic E-state index is 0.00919. The van der Waals surface area contributed by atoms with Gasteiger partial charge in [0.05, 0.1) is 7.11 Å². The van der Waals surface area contributed by atoms with E-state index in [4.69, 9.17) is 16.3 Å². The number of carbonyl (C=O) groups excluding carboxylic acids is 2. The first-order chi connectivity index (χ1) is 9.52. The number of nitrogens with zero attached hydrogens (tertiary/aromatic N) is 1. The molecule has 1 aromatic rings. The summed E-state index contributed by atoms with van der Waals surface area (Å²) in [6.45, 7) is 1.94. The number of esters is 1. The van der Waals surface area contributed by atoms with E-state index in [9.17, 15) is 9.59 Å². The second kappa shape index (κ2) is 6.27. The van der Waals surface area contributed by atoms with Gasteiger partial charge in [0.1, 0.15) is 6.04 Å². The Labute approximate surface area is 123 Å². The molecule has 1 saturated heterocycles. The first-order valence-electron chi connectivity index (χ1n) is 6.66. The largest absolute Gasteiger partial charge is 0.467 e. The van der Waals surface area contributed by atoms with Crippen LogP contribution in [0.15, 0.2) is 24.3 Å². The first kappa shape index (κ1) is 14.9. The molecule has 2 unspecified atom stereocenters. The minimum atomic E-state index is -0.457. The average Bonchev–Trinajstić information content (AvgIpc) is 2.80. The Kier molecular flexibility index (Phi) is 4.65. The molecule has 4 nitrogen and oxygen atoms in total. The SMILES string of the molecule is COC(=O)C1CCC(=O)N1C(C)Cc1cccc(Cl)c1. The van der Waals surface area contributed by atoms with Crippen molar-refractivity contribution >= 4 is 23.5 Å². The summed E-state index contributed by atoms with van der Waals surface area (Å²) in [7, 11) is 1.35. The maximum Gasteiger partial charge on any atom is 0.328 e. The third-order valence-electron chi connectivity index (χ3n) is 3.62. The van der Waals surface area contributed by atoms with Gasteiger partial charge in [0.15, 0.2) is 0 Å². The third-order valence-corrected chi connectivity index (χ3v) is 3.86. The van der Waals surface area contributed by atoms with Gasteiger partial charge in [-0.3, -0.25) is 4.79 Å². The fourth-order valence-corrected chi connectivity index (χ4v) is 2.94. The Morgan fingerprint density at radius 3 is 2.95 bits per heavy atom. The van der Waals surface area contributed by atoms with Gasteiger partial charge in [-0.2, -0.15) is 0 Å². The smallest absolute Gasteiger partial charge is 0.328 e. The van der Waals surface area contributed by atoms with Crippen molar-refractivity contribution in [1.82, 2.24) is 4.90 Å². The lowest BCUT2D eigenvalue weighted by Crippen LogP contribution is -2.45. The monoisotopic (exact) mass is 295 g/mol. The van der Waals surface area contributed by atoms with Crippen molar-refractivity contribution in [1.29, 1.82) is 0 Å². The maximum absolute atomic E-state index is 12.0. The van der Waals surface area contributed by atoms with Crippen LogP contribution in [0, 0.1) is 0 Å². The quantitative estimate of drug-likeness (QED) is 0.802. The highest BCUT2D eigenvalue weighted by Crippen LogP contribution is 2.24. The van der Waals surface area contributed by atoms with Crippen molar-refractivity contribution in [2.75, 3.05) is 7.11 Å². The van der Waals surface area contributed by atoms with Gasteiger partial charge in [-0.15, -0.1) is 0 Å². The van der Waals surface area contributed by atoms with Gasteiger partial charge in [-0.1, -0.05) is 23.7 Å². The molecule has 2 rings (SSSR count). The van der Waals surface area contributed by atoms with E-state index in [1.807, 2.05) is 31.2 Å². The van der Waals surface area contributed by atoms with Gasteiger partial charge >= 0.3 is 5.97 Å². The standard InChI is InChI=1S/C15H18ClNO3/c1-10(8-11-4-3-5-12(16)9-11)17-13(15(19)20-2)6-7-14(17)18/h3-5,9-10,13H,6-8H2,1-2H3. The molecule has 0 bridgehead atoms. The summed E-state index contributed by atoms with van der Waals surface area (Å²) in [6.07, 6.45) is 1.60. The first-order valence-corrected chi connectivity index (χ1v) is 7.04. The summed E-state index contributed by atoms with van der Waals surface area (Å²) in [5, 5.41) is 0.673. The summed E-state index contributed by atoms with van der Waals surface area (Å²) < 4.78 is 4.78. The van der Waals surface area contributed by atoms with E-state index in [1.54, 1.807) is 4.90 Å². The Bertz CT molecular complexity index is 518. The third kappa shape index (κ3) is 3.12. The molecule has 0 saturated carbocycles. The van der Waals surface area contributed by atoms with Gasteiger partial charge in [0, 0.05) is 17.5 Å². The van der Waals surface area contributed by atoms with E-state index < -0.39 is 6.04 Å². The average molecular weight is 296 g/mol. The second-order valence-electron chi connectivity index (χ2n) is 5.06. The maximum atomic E-state index is 12.0. The molecule has 1 amide bonds. The molecule has 108 valence electrons. The molecule has 2 atom stereocenters. The van der Waals surface area contributed by atoms with Crippen molar-refractivity contribution < 1.29 is 14.3 Å². The highest BCUT2D eigenvalue weighted by atomic mass is 35.5. The van der Waals surface area contributed by atoms with Gasteiger partial charge < -0.3 is 9.64 Å². The van der Waals surface area contributed by atoms with Gasteiger partial charge in [0.2, 0.25) is 5.91 Å². The van der Waals surface area contributed by atoms with Crippen LogP contribution in [0.3, 0.4) is 0 Å². The molecular weight excluding hydrogens is 278 g/mol. The topological polar surface area (TPSA) is 46.6 Å². The lowest BCUT2D eigenvalue weighted by atomic mass is 10.1. The second-order valence-corrected chi connectivity index (χ2v) is 5.50. The zero-order valence-corrected chi connectivity index (χ0v) is 12.4. The molecule has 1 heterocycles. The number of benzene rings is 1. The predicted octanol–water partition coefficient (Wildman–Crippen LogP) is 2.43. The molecule has 1 aliphatic rings. The number of halogens is 1. The summed E-state index contributed by atoms with van der Waals surface area (Å²) in [5.74, 6) is -0.330. The van der Waals surface area contributed by atoms with Crippen LogP contribution in [0.1, 0.15) is 25.3 Å². The van der Waals surface area contributed by atoms with Crippen molar-refractivity contribution in [3.63, 3.8) is 0 Å². The van der Waals surface area contributed by atoms with Gasteiger partial charge in [-0.05, 0) is 37.5 Å². The van der Waals surface area contributed by atoms with E-state index >= 15 is 0 Å². The van der Waals surface area contributed by atoms with E-state index in [2.05, 4.69) is 0 Å². The highest BCUT2D eigenvalue weighted by Gasteiger charge is 2.39. The Morgan fingerprint density at radius 1 is 1.55 bits per heavy atom. The van der Waals surface area contributed by atoms with Crippen LogP contribution in [0.5, 0.6) is 0 Å². The molecule has 1 fully saturated rings. The molecule has 1 aromatic carbocycles. The van der Waals surface area contributed by atoms with Crippen LogP contribution >= 0.6 is 11.6 Å². The van der Waals surface area contributed by atoms with E-state index in [0.717, 1.165) is 5.56 Å². The number of likely N-dealkylation sites (tertiary alicyclic amines) is 1. The van der Waals surface area contributed by atoms with E-state index in [-0.39, 0.29) is 17.9 Å². The molecule has 0 aromatic heterocycles. The van der Waals surface area contributed by atoms with Crippen LogP contribution in [0.2, 0.25) is 5.02 Å². The predicted molar refractivity (Wildman–Crippen MR) is 76.5 cm³/mol. The molecule has 1 aliphatic heterocycles. The van der Waals surface area contributed by atoms with E-state index in [1.165, 1.54) is 7.11 Å². The molecule has 20 heavy (non-hydrogen) atoms. The fraction of sp³-hybridized carbons (Fsp3) is 0.467. The minimum Gasteiger partial charge on any atom is -0.467 e. The molecule has 0 radical (unpaired) electrons. The van der Waals surface area contributed by atoms with Crippen LogP contribution in [-0.2, 0) is 20.7 Å². The number of rotatable bonds is 4. The lowest BCUT2D eigenvalue weighted by molar-refractivity contribution is -0.150. The molecule has 0 spiro atoms. The molecule has 5 heteroatoms. The van der Waals surface area contributed by atoms with Crippen molar-refractivity contribution in [2.24, 2.45) is 0 Å². The van der Waals surface area contributed by atoms with Crippen LogP contribution in [0.4, 0.5) is 0 Å². The van der Waals surface area contributed by atoms with Crippen LogP contribution < -0.4 is 0 Å². The number of methoxy groups -OCH3 is 1. The summed E-state index contributed by atoms with van der Waals surface area (Å²) >= 11 is 5.96. The Morgan fingerprint density at radius 2 is 2.30 bits per heavy atom. The van der Waals surface area contributed by atoms with Crippen molar-refractivity contribution in [3.05, 3.63) is 34.9 Å². The van der Waals surface area contributed by atoms with E-state index in [0.29, 0.717) is 24.3 Å². The Hall–Kier alpha value is -1.55. The zero-order chi connectivity index (χ0) is 14.7. The van der Waals surface area contributed by atoms with Crippen LogP contribution in [0.25, 0.3) is 0 Å². The molecule has 0 N–H and O–H groups in total. The fourth-order valence-electron chi connectivity index (χ4n) is 2.73. The molecular formula is C15H18ClNO3. The van der Waals surface area contributed by atoms with Gasteiger partial charge in [-0.25, -0.2) is 4.79 Å². The number of hydrogen-bond donors (Lipinski definition) is 0. The lowest BCUT2D eigenvalue weighted by Gasteiger charge is -2.29. The van der Waals surface area contributed by atoms with Gasteiger partial charge in [0.25, 0.3) is 0 Å². The molecule has 0 aliphatic carbocycles. The Balaban J connectivity index is 2.12. The summed E-state index contributed by atoms with van der Waals surface area (Å²) in [6, 6.07) is 7.03. The van der Waals surface area contributed by atoms with Crippen molar-refractivity contribution in [2.45, 2.75) is 38.3 Å².